The number of benzene rings is 2. The third kappa shape index (κ3) is 3.38. The number of anilines is 1. The van der Waals surface area contributed by atoms with Crippen LogP contribution in [0.3, 0.4) is 0 Å². The quantitative estimate of drug-likeness (QED) is 0.497. The maximum absolute atomic E-state index is 11.4. The zero-order chi connectivity index (χ0) is 20.0. The molecule has 2 heterocycles. The van der Waals surface area contributed by atoms with Gasteiger partial charge in [0.25, 0.3) is 0 Å². The van der Waals surface area contributed by atoms with Crippen molar-refractivity contribution in [1.82, 2.24) is 15.0 Å². The van der Waals surface area contributed by atoms with Crippen LogP contribution in [0.2, 0.25) is 0 Å². The topological polar surface area (TPSA) is 88.0 Å². The summed E-state index contributed by atoms with van der Waals surface area (Å²) in [7, 11) is 0. The second-order valence-corrected chi connectivity index (χ2v) is 7.57. The molecule has 1 aliphatic carbocycles. The minimum Gasteiger partial charge on any atom is -0.478 e. The van der Waals surface area contributed by atoms with Crippen LogP contribution in [-0.4, -0.2) is 32.1 Å². The molecule has 0 saturated heterocycles. The number of aromatic nitrogens is 3. The molecule has 1 fully saturated rings. The van der Waals surface area contributed by atoms with Gasteiger partial charge in [-0.15, -0.1) is 0 Å². The van der Waals surface area contributed by atoms with Gasteiger partial charge in [0.15, 0.2) is 5.82 Å². The van der Waals surface area contributed by atoms with Gasteiger partial charge in [-0.2, -0.15) is 0 Å². The zero-order valence-corrected chi connectivity index (χ0v) is 16.0. The van der Waals surface area contributed by atoms with Gasteiger partial charge in [-0.3, -0.25) is 0 Å². The van der Waals surface area contributed by atoms with Crippen molar-refractivity contribution in [1.29, 1.82) is 0 Å². The molecule has 6 heteroatoms. The van der Waals surface area contributed by atoms with E-state index in [1.54, 1.807) is 18.2 Å². The summed E-state index contributed by atoms with van der Waals surface area (Å²) in [6.07, 6.45) is 4.70. The van der Waals surface area contributed by atoms with Gasteiger partial charge < -0.3 is 10.4 Å². The molecule has 0 radical (unpaired) electrons. The van der Waals surface area contributed by atoms with Gasteiger partial charge in [-0.05, 0) is 43.0 Å². The molecule has 2 aromatic carbocycles. The lowest BCUT2D eigenvalue weighted by atomic mass is 10.0. The van der Waals surface area contributed by atoms with Crippen LogP contribution in [0.5, 0.6) is 0 Å². The molecule has 0 aliphatic heterocycles. The van der Waals surface area contributed by atoms with Crippen molar-refractivity contribution in [2.24, 2.45) is 0 Å². The van der Waals surface area contributed by atoms with Crippen LogP contribution in [0.25, 0.3) is 21.8 Å². The summed E-state index contributed by atoms with van der Waals surface area (Å²) in [5.41, 5.74) is 4.05. The van der Waals surface area contributed by atoms with Crippen LogP contribution in [0, 0.1) is 6.92 Å². The number of nitrogens with zero attached hydrogens (tertiary/aromatic N) is 3. The van der Waals surface area contributed by atoms with Crippen LogP contribution < -0.4 is 5.32 Å². The molecule has 0 bridgehead atoms. The van der Waals surface area contributed by atoms with E-state index in [9.17, 15) is 9.90 Å². The smallest absolute Gasteiger partial charge is 0.335 e. The van der Waals surface area contributed by atoms with Crippen LogP contribution >= 0.6 is 0 Å². The van der Waals surface area contributed by atoms with E-state index in [0.717, 1.165) is 35.0 Å². The first-order valence-corrected chi connectivity index (χ1v) is 9.72. The lowest BCUT2D eigenvalue weighted by Crippen LogP contribution is -2.07. The molecule has 6 nitrogen and oxygen atoms in total. The molecule has 2 N–H and O–H groups in total. The normalized spacial score (nSPS) is 13.7. The Hall–Kier alpha value is -3.54. The predicted molar refractivity (Wildman–Crippen MR) is 112 cm³/mol. The van der Waals surface area contributed by atoms with E-state index < -0.39 is 5.97 Å². The highest BCUT2D eigenvalue weighted by atomic mass is 16.4. The summed E-state index contributed by atoms with van der Waals surface area (Å²) in [4.78, 5) is 25.5. The summed E-state index contributed by atoms with van der Waals surface area (Å²) < 4.78 is 0. The number of carbonyl (C=O) groups is 1. The average Bonchev–Trinajstić information content (AvgIpc) is 3.53. The number of carboxylic acids is 1. The van der Waals surface area contributed by atoms with Gasteiger partial charge >= 0.3 is 5.97 Å². The van der Waals surface area contributed by atoms with E-state index >= 15 is 0 Å². The van der Waals surface area contributed by atoms with Gasteiger partial charge in [0.1, 0.15) is 11.3 Å². The van der Waals surface area contributed by atoms with Crippen LogP contribution in [0.15, 0.2) is 48.7 Å². The first kappa shape index (κ1) is 17.6. The molecule has 4 aromatic rings. The lowest BCUT2D eigenvalue weighted by molar-refractivity contribution is 0.0697. The first-order valence-electron chi connectivity index (χ1n) is 9.72. The van der Waals surface area contributed by atoms with E-state index in [4.69, 9.17) is 9.97 Å². The van der Waals surface area contributed by atoms with Gasteiger partial charge in [0, 0.05) is 29.4 Å². The molecule has 0 atom stereocenters. The average molecular weight is 384 g/mol. The molecule has 0 unspecified atom stereocenters. The number of hydrogen-bond acceptors (Lipinski definition) is 5. The van der Waals surface area contributed by atoms with Crippen molar-refractivity contribution in [2.75, 3.05) is 5.32 Å². The molecular formula is C23H20N4O2. The number of hydrogen-bond donors (Lipinski definition) is 2. The molecule has 1 aliphatic rings. The van der Waals surface area contributed by atoms with Gasteiger partial charge in [0.2, 0.25) is 0 Å². The van der Waals surface area contributed by atoms with Gasteiger partial charge in [0.05, 0.1) is 11.1 Å². The summed E-state index contributed by atoms with van der Waals surface area (Å²) in [6.45, 7) is 2.09. The molecular weight excluding hydrogens is 364 g/mol. The Morgan fingerprint density at radius 1 is 1.14 bits per heavy atom. The highest BCUT2D eigenvalue weighted by Crippen LogP contribution is 2.32. The van der Waals surface area contributed by atoms with Crippen molar-refractivity contribution in [2.45, 2.75) is 32.2 Å². The van der Waals surface area contributed by atoms with E-state index in [1.165, 1.54) is 11.1 Å². The van der Waals surface area contributed by atoms with Crippen molar-refractivity contribution < 1.29 is 9.90 Å². The third-order valence-corrected chi connectivity index (χ3v) is 5.36. The standard InChI is InChI=1S/C23H20N4O2/c1-13-4-2-3-5-14(13)11-20-24-12-18-17-9-6-15(23(28)29)10-19(17)26-22(21(18)27-20)25-16-7-8-16/h2-6,9-10,12,16H,7-8,11H2,1H3,(H,25,26)(H,28,29). The summed E-state index contributed by atoms with van der Waals surface area (Å²) in [6, 6.07) is 13.6. The maximum atomic E-state index is 11.4. The van der Waals surface area contributed by atoms with Crippen molar-refractivity contribution in [3.05, 3.63) is 71.2 Å². The molecule has 1 saturated carbocycles. The zero-order valence-electron chi connectivity index (χ0n) is 16.0. The Bertz CT molecular complexity index is 1260. The van der Waals surface area contributed by atoms with E-state index in [1.807, 2.05) is 18.3 Å². The predicted octanol–water partition coefficient (Wildman–Crippen LogP) is 4.35. The number of fused-ring (bicyclic) bond motifs is 3. The second-order valence-electron chi connectivity index (χ2n) is 7.57. The fraction of sp³-hybridized carbons (Fsp3) is 0.217. The van der Waals surface area contributed by atoms with Gasteiger partial charge in [-0.25, -0.2) is 19.7 Å². The number of aromatic carboxylic acids is 1. The lowest BCUT2D eigenvalue weighted by Gasteiger charge is -2.12. The SMILES string of the molecule is Cc1ccccc1Cc1ncc2c(n1)c(NC1CC1)nc1cc(C(=O)O)ccc12. The Morgan fingerprint density at radius 2 is 1.97 bits per heavy atom. The van der Waals surface area contributed by atoms with Crippen molar-refractivity contribution in [3.63, 3.8) is 0 Å². The van der Waals surface area contributed by atoms with Gasteiger partial charge in [-0.1, -0.05) is 30.3 Å². The maximum Gasteiger partial charge on any atom is 0.335 e. The molecule has 2 aromatic heterocycles. The Balaban J connectivity index is 1.66. The first-order chi connectivity index (χ1) is 14.1. The third-order valence-electron chi connectivity index (χ3n) is 5.36. The van der Waals surface area contributed by atoms with Crippen LogP contribution in [0.4, 0.5) is 5.82 Å². The van der Waals surface area contributed by atoms with Crippen LogP contribution in [-0.2, 0) is 6.42 Å². The minimum atomic E-state index is -0.963. The summed E-state index contributed by atoms with van der Waals surface area (Å²) in [5.74, 6) is 0.482. The van der Waals surface area contributed by atoms with E-state index in [2.05, 4.69) is 29.4 Å². The Morgan fingerprint density at radius 3 is 2.72 bits per heavy atom. The number of pyridine rings is 1. The van der Waals surface area contributed by atoms with E-state index in [-0.39, 0.29) is 5.56 Å². The number of rotatable bonds is 5. The number of aryl methyl sites for hydroxylation is 1. The van der Waals surface area contributed by atoms with Crippen molar-refractivity contribution in [3.8, 4) is 0 Å². The fourth-order valence-corrected chi connectivity index (χ4v) is 3.54. The monoisotopic (exact) mass is 384 g/mol. The highest BCUT2D eigenvalue weighted by Gasteiger charge is 2.23. The Labute approximate surface area is 167 Å². The van der Waals surface area contributed by atoms with Crippen LogP contribution in [0.1, 0.15) is 40.2 Å². The highest BCUT2D eigenvalue weighted by molar-refractivity contribution is 6.09. The minimum absolute atomic E-state index is 0.221. The Kier molecular flexibility index (Phi) is 4.12. The molecule has 0 amide bonds. The van der Waals surface area contributed by atoms with Crippen molar-refractivity contribution >= 4 is 33.6 Å². The summed E-state index contributed by atoms with van der Waals surface area (Å²) >= 11 is 0. The molecule has 0 spiro atoms. The second kappa shape index (κ2) is 6.81. The number of carboxylic acid groups (broad SMARTS) is 1. The fourth-order valence-electron chi connectivity index (χ4n) is 3.54. The molecule has 5 rings (SSSR count). The molecule has 29 heavy (non-hydrogen) atoms. The molecule has 144 valence electrons. The number of nitrogens with one attached hydrogen (secondary N) is 1. The summed E-state index contributed by atoms with van der Waals surface area (Å²) in [5, 5.41) is 14.5. The largest absolute Gasteiger partial charge is 0.478 e. The van der Waals surface area contributed by atoms with E-state index in [0.29, 0.717) is 23.8 Å².